The first kappa shape index (κ1) is 23.5. The van der Waals surface area contributed by atoms with Gasteiger partial charge in [0.1, 0.15) is 0 Å². The summed E-state index contributed by atoms with van der Waals surface area (Å²) in [7, 11) is -3.79. The van der Waals surface area contributed by atoms with Crippen LogP contribution in [0.4, 0.5) is 4.79 Å². The molecule has 3 N–H and O–H groups in total. The van der Waals surface area contributed by atoms with Crippen molar-refractivity contribution in [1.82, 2.24) is 15.4 Å². The van der Waals surface area contributed by atoms with Crippen LogP contribution in [0.1, 0.15) is 37.6 Å². The number of benzene rings is 1. The molecule has 0 saturated heterocycles. The average Bonchev–Trinajstić information content (AvgIpc) is 2.64. The minimum Gasteiger partial charge on any atom is -0.450 e. The van der Waals surface area contributed by atoms with Crippen LogP contribution in [0.2, 0.25) is 0 Å². The van der Waals surface area contributed by atoms with Gasteiger partial charge in [0.15, 0.2) is 0 Å². The Morgan fingerprint density at radius 1 is 1.29 bits per heavy atom. The summed E-state index contributed by atoms with van der Waals surface area (Å²) in [5.74, 6) is 2.03. The number of amides is 2. The average molecular weight is 410 g/mol. The molecule has 0 aliphatic carbocycles. The first-order valence-corrected chi connectivity index (χ1v) is 10.4. The van der Waals surface area contributed by atoms with E-state index in [-0.39, 0.29) is 36.2 Å². The zero-order chi connectivity index (χ0) is 21.2. The first-order chi connectivity index (χ1) is 13.2. The van der Waals surface area contributed by atoms with Crippen LogP contribution in [-0.2, 0) is 14.8 Å². The second kappa shape index (κ2) is 11.3. The molecule has 0 spiro atoms. The first-order valence-electron chi connectivity index (χ1n) is 8.94. The lowest BCUT2D eigenvalue weighted by atomic mass is 10.0. The third kappa shape index (κ3) is 7.98. The van der Waals surface area contributed by atoms with Gasteiger partial charge >= 0.3 is 6.09 Å². The quantitative estimate of drug-likeness (QED) is 0.507. The molecule has 0 saturated carbocycles. The Hall–Kier alpha value is -2.57. The summed E-state index contributed by atoms with van der Waals surface area (Å²) < 4.78 is 31.4. The van der Waals surface area contributed by atoms with E-state index in [9.17, 15) is 18.0 Å². The van der Waals surface area contributed by atoms with E-state index in [1.807, 2.05) is 13.8 Å². The third-order valence-corrected chi connectivity index (χ3v) is 5.03. The van der Waals surface area contributed by atoms with Gasteiger partial charge in [0.05, 0.1) is 18.0 Å². The Bertz CT molecular complexity index is 815. The number of terminal acetylenes is 1. The number of rotatable bonds is 10. The molecule has 1 atom stereocenters. The highest BCUT2D eigenvalue weighted by Crippen LogP contribution is 2.12. The van der Waals surface area contributed by atoms with Crippen LogP contribution >= 0.6 is 0 Å². The zero-order valence-corrected chi connectivity index (χ0v) is 17.1. The van der Waals surface area contributed by atoms with Crippen molar-refractivity contribution >= 4 is 22.0 Å². The Morgan fingerprint density at radius 2 is 2.00 bits per heavy atom. The van der Waals surface area contributed by atoms with Gasteiger partial charge in [-0.2, -0.15) is 4.72 Å². The molecule has 2 amide bonds. The van der Waals surface area contributed by atoms with E-state index in [2.05, 4.69) is 21.3 Å². The summed E-state index contributed by atoms with van der Waals surface area (Å²) in [6.45, 7) is 6.00. The molecule has 0 aromatic heterocycles. The number of hydrogen-bond acceptors (Lipinski definition) is 5. The van der Waals surface area contributed by atoms with Crippen molar-refractivity contribution in [3.05, 3.63) is 29.8 Å². The lowest BCUT2D eigenvalue weighted by molar-refractivity contribution is 0.0944. The molecular formula is C19H27N3O5S. The number of carbonyl (C=O) groups excluding carboxylic acids is 2. The van der Waals surface area contributed by atoms with Crippen molar-refractivity contribution in [1.29, 1.82) is 0 Å². The predicted molar refractivity (Wildman–Crippen MR) is 106 cm³/mol. The van der Waals surface area contributed by atoms with Crippen molar-refractivity contribution < 1.29 is 22.7 Å². The lowest BCUT2D eigenvalue weighted by Crippen LogP contribution is -2.44. The summed E-state index contributed by atoms with van der Waals surface area (Å²) in [5, 5.41) is 5.43. The molecule has 1 rings (SSSR count). The molecule has 0 radical (unpaired) electrons. The zero-order valence-electron chi connectivity index (χ0n) is 16.3. The highest BCUT2D eigenvalue weighted by molar-refractivity contribution is 7.89. The van der Waals surface area contributed by atoms with Gasteiger partial charge in [0, 0.05) is 18.2 Å². The van der Waals surface area contributed by atoms with E-state index in [4.69, 9.17) is 11.2 Å². The van der Waals surface area contributed by atoms with E-state index in [0.717, 1.165) is 0 Å². The van der Waals surface area contributed by atoms with Crippen LogP contribution in [0, 0.1) is 18.3 Å². The molecule has 0 heterocycles. The van der Waals surface area contributed by atoms with E-state index >= 15 is 0 Å². The van der Waals surface area contributed by atoms with E-state index in [1.165, 1.54) is 24.3 Å². The smallest absolute Gasteiger partial charge is 0.407 e. The van der Waals surface area contributed by atoms with Crippen LogP contribution in [0.15, 0.2) is 29.2 Å². The molecule has 8 nitrogen and oxygen atoms in total. The van der Waals surface area contributed by atoms with Gasteiger partial charge in [0.25, 0.3) is 5.91 Å². The molecule has 1 unspecified atom stereocenters. The van der Waals surface area contributed by atoms with Crippen LogP contribution in [0.3, 0.4) is 0 Å². The number of alkyl carbamates (subject to hydrolysis) is 1. The monoisotopic (exact) mass is 409 g/mol. The minimum atomic E-state index is -3.79. The van der Waals surface area contributed by atoms with Crippen LogP contribution in [-0.4, -0.2) is 46.2 Å². The fourth-order valence-electron chi connectivity index (χ4n) is 2.44. The van der Waals surface area contributed by atoms with E-state index in [1.54, 1.807) is 6.92 Å². The molecule has 0 bridgehead atoms. The number of ether oxygens (including phenoxy) is 1. The molecule has 0 aliphatic rings. The van der Waals surface area contributed by atoms with Crippen molar-refractivity contribution in [2.24, 2.45) is 5.92 Å². The van der Waals surface area contributed by atoms with Crippen LogP contribution in [0.25, 0.3) is 0 Å². The van der Waals surface area contributed by atoms with Gasteiger partial charge in [-0.1, -0.05) is 25.8 Å². The maximum absolute atomic E-state index is 12.4. The minimum absolute atomic E-state index is 0.0567. The number of nitrogens with one attached hydrogen (secondary N) is 3. The Labute approximate surface area is 166 Å². The van der Waals surface area contributed by atoms with Crippen LogP contribution in [0.5, 0.6) is 0 Å². The highest BCUT2D eigenvalue weighted by Gasteiger charge is 2.18. The van der Waals surface area contributed by atoms with E-state index < -0.39 is 22.0 Å². The maximum atomic E-state index is 12.4. The van der Waals surface area contributed by atoms with Gasteiger partial charge < -0.3 is 15.4 Å². The molecule has 9 heteroatoms. The molecule has 1 aromatic rings. The molecule has 28 heavy (non-hydrogen) atoms. The summed E-state index contributed by atoms with van der Waals surface area (Å²) in [4.78, 5) is 24.0. The van der Waals surface area contributed by atoms with Gasteiger partial charge in [-0.3, -0.25) is 4.79 Å². The molecular weight excluding hydrogens is 382 g/mol. The third-order valence-electron chi connectivity index (χ3n) is 3.63. The summed E-state index contributed by atoms with van der Waals surface area (Å²) in [6.07, 6.45) is 5.16. The lowest BCUT2D eigenvalue weighted by Gasteiger charge is -2.20. The Morgan fingerprint density at radius 3 is 2.61 bits per heavy atom. The van der Waals surface area contributed by atoms with E-state index in [0.29, 0.717) is 12.3 Å². The fraction of sp³-hybridized carbons (Fsp3) is 0.474. The van der Waals surface area contributed by atoms with Gasteiger partial charge in [-0.15, -0.1) is 6.42 Å². The second-order valence-electron chi connectivity index (χ2n) is 6.46. The largest absolute Gasteiger partial charge is 0.450 e. The molecule has 0 fully saturated rings. The summed E-state index contributed by atoms with van der Waals surface area (Å²) in [5.41, 5.74) is 0.183. The summed E-state index contributed by atoms with van der Waals surface area (Å²) >= 11 is 0. The Balaban J connectivity index is 2.81. The molecule has 154 valence electrons. The van der Waals surface area contributed by atoms with Crippen molar-refractivity contribution in [3.8, 4) is 12.3 Å². The summed E-state index contributed by atoms with van der Waals surface area (Å²) in [6, 6.07) is 5.31. The second-order valence-corrected chi connectivity index (χ2v) is 8.22. The topological polar surface area (TPSA) is 114 Å². The Kier molecular flexibility index (Phi) is 9.48. The number of sulfonamides is 1. The van der Waals surface area contributed by atoms with Crippen molar-refractivity contribution in [3.63, 3.8) is 0 Å². The number of carbonyl (C=O) groups is 2. The van der Waals surface area contributed by atoms with Gasteiger partial charge in [0.2, 0.25) is 10.0 Å². The number of hydrogen-bond donors (Lipinski definition) is 3. The van der Waals surface area contributed by atoms with Crippen molar-refractivity contribution in [2.45, 2.75) is 38.1 Å². The van der Waals surface area contributed by atoms with Gasteiger partial charge in [-0.05, 0) is 37.5 Å². The van der Waals surface area contributed by atoms with Gasteiger partial charge in [-0.25, -0.2) is 13.2 Å². The predicted octanol–water partition coefficient (Wildman–Crippen LogP) is 1.49. The highest BCUT2D eigenvalue weighted by atomic mass is 32.2. The standard InChI is InChI=1S/C19H27N3O5S/c1-5-10-21-28(25,26)17-9-7-8-15(12-17)18(23)20-13-16(11-14(3)4)22-19(24)27-6-2/h1,7-9,12,14,16,21H,6,10-11,13H2,2-4H3,(H,20,23)(H,22,24). The normalized spacial score (nSPS) is 12.1. The fourth-order valence-corrected chi connectivity index (χ4v) is 3.42. The molecule has 1 aromatic carbocycles. The maximum Gasteiger partial charge on any atom is 0.407 e. The molecule has 0 aliphatic heterocycles. The van der Waals surface area contributed by atoms with Crippen molar-refractivity contribution in [2.75, 3.05) is 19.7 Å². The van der Waals surface area contributed by atoms with Crippen LogP contribution < -0.4 is 15.4 Å². The SMILES string of the molecule is C#CCNS(=O)(=O)c1cccc(C(=O)NCC(CC(C)C)NC(=O)OCC)c1.